The van der Waals surface area contributed by atoms with Crippen molar-refractivity contribution >= 4 is 38.4 Å². The molecule has 24 heavy (non-hydrogen) atoms. The number of halogens is 1. The molecule has 126 valence electrons. The van der Waals surface area contributed by atoms with E-state index >= 15 is 0 Å². The van der Waals surface area contributed by atoms with Crippen LogP contribution < -0.4 is 10.2 Å². The molecule has 0 bridgehead atoms. The number of amides is 1. The van der Waals surface area contributed by atoms with Crippen LogP contribution in [-0.2, 0) is 4.79 Å². The quantitative estimate of drug-likeness (QED) is 0.922. The summed E-state index contributed by atoms with van der Waals surface area (Å²) in [7, 11) is 0. The predicted molar refractivity (Wildman–Crippen MR) is 91.8 cm³/mol. The SMILES string of the molecule is C#N.O=C(Nc1nccc2nc(N3CCCCC3)sc12)C1CC1F. The van der Waals surface area contributed by atoms with E-state index in [1.165, 1.54) is 19.3 Å². The molecule has 3 heterocycles. The topological polar surface area (TPSA) is 81.9 Å². The van der Waals surface area contributed by atoms with Crippen LogP contribution in [0.2, 0.25) is 0 Å². The Morgan fingerprint density at radius 1 is 1.38 bits per heavy atom. The van der Waals surface area contributed by atoms with Crippen LogP contribution >= 0.6 is 11.3 Å². The van der Waals surface area contributed by atoms with Crippen LogP contribution in [0.1, 0.15) is 25.7 Å². The van der Waals surface area contributed by atoms with Crippen molar-refractivity contribution in [1.82, 2.24) is 9.97 Å². The van der Waals surface area contributed by atoms with E-state index in [1.807, 2.05) is 6.07 Å². The molecule has 1 saturated carbocycles. The van der Waals surface area contributed by atoms with Crippen molar-refractivity contribution in [1.29, 1.82) is 5.26 Å². The molecule has 8 heteroatoms. The number of pyridine rings is 1. The van der Waals surface area contributed by atoms with Gasteiger partial charge < -0.3 is 10.2 Å². The molecule has 1 N–H and O–H groups in total. The summed E-state index contributed by atoms with van der Waals surface area (Å²) in [5.74, 6) is -0.283. The van der Waals surface area contributed by atoms with Gasteiger partial charge in [0.15, 0.2) is 10.9 Å². The number of carbonyl (C=O) groups is 1. The van der Waals surface area contributed by atoms with Crippen molar-refractivity contribution in [3.63, 3.8) is 0 Å². The normalized spacial score (nSPS) is 22.5. The second-order valence-corrected chi connectivity index (χ2v) is 6.88. The number of alkyl halides is 1. The van der Waals surface area contributed by atoms with Gasteiger partial charge in [0, 0.05) is 25.9 Å². The van der Waals surface area contributed by atoms with E-state index in [9.17, 15) is 9.18 Å². The van der Waals surface area contributed by atoms with E-state index in [4.69, 9.17) is 5.26 Å². The fraction of sp³-hybridized carbons (Fsp3) is 0.500. The fourth-order valence-electron chi connectivity index (χ4n) is 2.80. The zero-order valence-corrected chi connectivity index (χ0v) is 13.9. The number of nitrogens with one attached hydrogen (secondary N) is 1. The summed E-state index contributed by atoms with van der Waals surface area (Å²) in [6.07, 6.45) is 4.62. The summed E-state index contributed by atoms with van der Waals surface area (Å²) in [6.45, 7) is 5.56. The number of nitrogens with zero attached hydrogens (tertiary/aromatic N) is 4. The third kappa shape index (κ3) is 3.31. The van der Waals surface area contributed by atoms with Crippen molar-refractivity contribution < 1.29 is 9.18 Å². The van der Waals surface area contributed by atoms with Crippen LogP contribution in [0.15, 0.2) is 12.3 Å². The van der Waals surface area contributed by atoms with Gasteiger partial charge in [0.25, 0.3) is 0 Å². The molecule has 1 amide bonds. The monoisotopic (exact) mass is 347 g/mol. The number of rotatable bonds is 3. The van der Waals surface area contributed by atoms with Gasteiger partial charge in [-0.25, -0.2) is 19.6 Å². The number of anilines is 2. The van der Waals surface area contributed by atoms with Crippen LogP contribution in [-0.4, -0.2) is 35.1 Å². The second kappa shape index (κ2) is 7.09. The highest BCUT2D eigenvalue weighted by atomic mass is 32.1. The van der Waals surface area contributed by atoms with Gasteiger partial charge >= 0.3 is 0 Å². The summed E-state index contributed by atoms with van der Waals surface area (Å²) in [6, 6.07) is 1.85. The van der Waals surface area contributed by atoms with Crippen molar-refractivity contribution in [3.8, 4) is 6.57 Å². The standard InChI is InChI=1S/C15H17FN4OS.CHN/c16-10-8-9(10)14(21)19-13-12-11(4-5-17-13)18-15(22-12)20-6-2-1-3-7-20;1-2/h4-5,9-10H,1-3,6-8H2,(H,17,19,21);1H. The first-order valence-corrected chi connectivity index (χ1v) is 8.75. The Labute approximate surface area is 143 Å². The average Bonchev–Trinajstić information content (AvgIpc) is 3.20. The Balaban J connectivity index is 0.000000815. The number of hydrogen-bond acceptors (Lipinski definition) is 6. The Morgan fingerprint density at radius 2 is 2.08 bits per heavy atom. The van der Waals surface area contributed by atoms with E-state index in [0.717, 1.165) is 28.4 Å². The van der Waals surface area contributed by atoms with Gasteiger partial charge in [0.2, 0.25) is 5.91 Å². The Kier molecular flexibility index (Phi) is 4.90. The van der Waals surface area contributed by atoms with Crippen LogP contribution in [0.5, 0.6) is 0 Å². The number of aromatic nitrogens is 2. The van der Waals surface area contributed by atoms with Crippen molar-refractivity contribution in [3.05, 3.63) is 12.3 Å². The highest BCUT2D eigenvalue weighted by Crippen LogP contribution is 2.37. The molecular weight excluding hydrogens is 329 g/mol. The molecule has 2 aromatic heterocycles. The first kappa shape index (κ1) is 16.6. The maximum atomic E-state index is 13.0. The van der Waals surface area contributed by atoms with Gasteiger partial charge in [-0.05, 0) is 31.7 Å². The summed E-state index contributed by atoms with van der Waals surface area (Å²) in [5.41, 5.74) is 0.837. The molecule has 1 saturated heterocycles. The third-order valence-corrected chi connectivity index (χ3v) is 5.35. The summed E-state index contributed by atoms with van der Waals surface area (Å²) in [4.78, 5) is 23.1. The minimum Gasteiger partial charge on any atom is -0.348 e. The molecule has 2 atom stereocenters. The van der Waals surface area contributed by atoms with Crippen molar-refractivity contribution in [2.45, 2.75) is 31.9 Å². The molecular formula is C16H18FN5OS. The predicted octanol–water partition coefficient (Wildman–Crippen LogP) is 3.12. The second-order valence-electron chi connectivity index (χ2n) is 5.90. The number of nitriles is 1. The largest absolute Gasteiger partial charge is 0.348 e. The first-order valence-electron chi connectivity index (χ1n) is 7.93. The van der Waals surface area contributed by atoms with Crippen molar-refractivity contribution in [2.24, 2.45) is 5.92 Å². The molecule has 0 aromatic carbocycles. The van der Waals surface area contributed by atoms with Gasteiger partial charge in [-0.3, -0.25) is 4.79 Å². The van der Waals surface area contributed by atoms with E-state index in [-0.39, 0.29) is 5.91 Å². The summed E-state index contributed by atoms with van der Waals surface area (Å²) < 4.78 is 13.9. The lowest BCUT2D eigenvalue weighted by Crippen LogP contribution is -2.29. The molecule has 4 rings (SSSR count). The molecule has 2 aromatic rings. The first-order chi connectivity index (χ1) is 11.7. The maximum Gasteiger partial charge on any atom is 0.231 e. The minimum absolute atomic E-state index is 0.277. The number of fused-ring (bicyclic) bond motifs is 1. The Bertz CT molecular complexity index is 755. The van der Waals surface area contributed by atoms with Gasteiger partial charge in [-0.1, -0.05) is 11.3 Å². The summed E-state index contributed by atoms with van der Waals surface area (Å²) >= 11 is 1.55. The lowest BCUT2D eigenvalue weighted by atomic mass is 10.1. The third-order valence-electron chi connectivity index (χ3n) is 4.21. The molecule has 6 nitrogen and oxygen atoms in total. The number of thiazole rings is 1. The molecule has 1 aliphatic heterocycles. The van der Waals surface area contributed by atoms with E-state index in [1.54, 1.807) is 17.5 Å². The van der Waals surface area contributed by atoms with E-state index < -0.39 is 12.1 Å². The van der Waals surface area contributed by atoms with E-state index in [0.29, 0.717) is 12.2 Å². The Hall–Kier alpha value is -2.27. The van der Waals surface area contributed by atoms with Crippen LogP contribution in [0, 0.1) is 17.8 Å². The fourth-order valence-corrected chi connectivity index (χ4v) is 3.85. The van der Waals surface area contributed by atoms with Crippen molar-refractivity contribution in [2.75, 3.05) is 23.3 Å². The highest BCUT2D eigenvalue weighted by Gasteiger charge is 2.43. The zero-order valence-electron chi connectivity index (χ0n) is 13.1. The average molecular weight is 347 g/mol. The van der Waals surface area contributed by atoms with Crippen LogP contribution in [0.25, 0.3) is 10.2 Å². The smallest absolute Gasteiger partial charge is 0.231 e. The van der Waals surface area contributed by atoms with Gasteiger partial charge in [0.05, 0.1) is 16.1 Å². The molecule has 2 unspecified atom stereocenters. The molecule has 2 aliphatic rings. The van der Waals surface area contributed by atoms with E-state index in [2.05, 4.69) is 26.8 Å². The lowest BCUT2D eigenvalue weighted by Gasteiger charge is -2.25. The number of hydrogen-bond donors (Lipinski definition) is 1. The summed E-state index contributed by atoms with van der Waals surface area (Å²) in [5, 5.41) is 10.2. The van der Waals surface area contributed by atoms with Gasteiger partial charge in [-0.15, -0.1) is 0 Å². The molecule has 0 radical (unpaired) electrons. The maximum absolute atomic E-state index is 13.0. The highest BCUT2D eigenvalue weighted by molar-refractivity contribution is 7.22. The Morgan fingerprint density at radius 3 is 2.75 bits per heavy atom. The van der Waals surface area contributed by atoms with Gasteiger partial charge in [-0.2, -0.15) is 0 Å². The molecule has 1 aliphatic carbocycles. The van der Waals surface area contributed by atoms with Crippen LogP contribution in [0.3, 0.4) is 0 Å². The minimum atomic E-state index is -0.996. The molecule has 2 fully saturated rings. The number of carbonyl (C=O) groups excluding carboxylic acids is 1. The molecule has 0 spiro atoms. The number of piperidine rings is 1. The lowest BCUT2D eigenvalue weighted by molar-refractivity contribution is -0.117. The van der Waals surface area contributed by atoms with Gasteiger partial charge in [0.1, 0.15) is 6.17 Å². The van der Waals surface area contributed by atoms with Crippen LogP contribution in [0.4, 0.5) is 15.3 Å². The zero-order chi connectivity index (χ0) is 17.1.